The average molecular weight is 432 g/mol. The van der Waals surface area contributed by atoms with Crippen LogP contribution in [-0.4, -0.2) is 23.6 Å². The predicted molar refractivity (Wildman–Crippen MR) is 115 cm³/mol. The standard InChI is InChI=1S/C21H19Cl2N3O3/c1-12-7-8-13(2)26(12)17-10-9-14(11-18(17)29-3)24-21(28)25-20(27)19-15(22)5-4-6-16(19)23/h4-11H,1-3H3,(H2,24,25,27,28). The van der Waals surface area contributed by atoms with Crippen LogP contribution in [0, 0.1) is 13.8 Å². The molecule has 1 heterocycles. The molecule has 8 heteroatoms. The summed E-state index contributed by atoms with van der Waals surface area (Å²) in [5, 5.41) is 5.15. The SMILES string of the molecule is COc1cc(NC(=O)NC(=O)c2c(Cl)cccc2Cl)ccc1-n1c(C)ccc1C. The molecule has 6 nitrogen and oxygen atoms in total. The minimum atomic E-state index is -0.714. The van der Waals surface area contributed by atoms with Gasteiger partial charge in [-0.2, -0.15) is 0 Å². The van der Waals surface area contributed by atoms with E-state index in [9.17, 15) is 9.59 Å². The van der Waals surface area contributed by atoms with Crippen LogP contribution < -0.4 is 15.4 Å². The Balaban J connectivity index is 1.78. The molecule has 150 valence electrons. The molecule has 0 radical (unpaired) electrons. The highest BCUT2D eigenvalue weighted by Crippen LogP contribution is 2.29. The van der Waals surface area contributed by atoms with Gasteiger partial charge >= 0.3 is 6.03 Å². The number of hydrogen-bond acceptors (Lipinski definition) is 3. The lowest BCUT2D eigenvalue weighted by Crippen LogP contribution is -2.34. The lowest BCUT2D eigenvalue weighted by molar-refractivity contribution is 0.0967. The Hall–Kier alpha value is -2.96. The van der Waals surface area contributed by atoms with E-state index in [0.29, 0.717) is 11.4 Å². The number of methoxy groups -OCH3 is 1. The lowest BCUT2D eigenvalue weighted by Gasteiger charge is -2.15. The highest BCUT2D eigenvalue weighted by molar-refractivity contribution is 6.40. The molecule has 0 fully saturated rings. The Morgan fingerprint density at radius 2 is 1.59 bits per heavy atom. The number of rotatable bonds is 4. The van der Waals surface area contributed by atoms with E-state index >= 15 is 0 Å². The number of aryl methyl sites for hydroxylation is 2. The van der Waals surface area contributed by atoms with Gasteiger partial charge in [-0.25, -0.2) is 4.79 Å². The fraction of sp³-hybridized carbons (Fsp3) is 0.143. The van der Waals surface area contributed by atoms with Crippen LogP contribution in [0.4, 0.5) is 10.5 Å². The van der Waals surface area contributed by atoms with E-state index in [0.717, 1.165) is 17.1 Å². The smallest absolute Gasteiger partial charge is 0.326 e. The zero-order valence-electron chi connectivity index (χ0n) is 16.0. The fourth-order valence-corrected chi connectivity index (χ4v) is 3.60. The second kappa shape index (κ2) is 8.59. The van der Waals surface area contributed by atoms with E-state index in [-0.39, 0.29) is 15.6 Å². The summed E-state index contributed by atoms with van der Waals surface area (Å²) in [6, 6.07) is 13.2. The molecule has 0 atom stereocenters. The second-order valence-electron chi connectivity index (χ2n) is 6.34. The summed E-state index contributed by atoms with van der Waals surface area (Å²) in [6.45, 7) is 4.00. The van der Waals surface area contributed by atoms with E-state index in [1.807, 2.05) is 36.6 Å². The number of hydrogen-bond donors (Lipinski definition) is 2. The number of imide groups is 1. The first kappa shape index (κ1) is 20.8. The summed E-state index contributed by atoms with van der Waals surface area (Å²) in [6.07, 6.45) is 0. The molecular formula is C21H19Cl2N3O3. The van der Waals surface area contributed by atoms with Crippen LogP contribution in [0.3, 0.4) is 0 Å². The molecule has 0 aliphatic carbocycles. The van der Waals surface area contributed by atoms with Crippen LogP contribution in [0.15, 0.2) is 48.5 Å². The van der Waals surface area contributed by atoms with Crippen molar-refractivity contribution in [3.8, 4) is 11.4 Å². The van der Waals surface area contributed by atoms with Crippen molar-refractivity contribution < 1.29 is 14.3 Å². The molecule has 2 aromatic carbocycles. The minimum Gasteiger partial charge on any atom is -0.494 e. The molecule has 0 aliphatic rings. The van der Waals surface area contributed by atoms with Crippen molar-refractivity contribution >= 4 is 40.8 Å². The van der Waals surface area contributed by atoms with Gasteiger partial charge in [0.25, 0.3) is 5.91 Å². The molecule has 3 aromatic rings. The third-order valence-corrected chi connectivity index (χ3v) is 5.00. The maximum atomic E-state index is 12.3. The quantitative estimate of drug-likeness (QED) is 0.582. The molecule has 1 aromatic heterocycles. The van der Waals surface area contributed by atoms with Crippen LogP contribution >= 0.6 is 23.2 Å². The van der Waals surface area contributed by atoms with Crippen LogP contribution in [0.1, 0.15) is 21.7 Å². The zero-order chi connectivity index (χ0) is 21.1. The molecule has 0 bridgehead atoms. The Morgan fingerprint density at radius 1 is 0.966 bits per heavy atom. The molecule has 29 heavy (non-hydrogen) atoms. The number of urea groups is 1. The Labute approximate surface area is 178 Å². The van der Waals surface area contributed by atoms with Crippen molar-refractivity contribution in [3.63, 3.8) is 0 Å². The summed E-state index contributed by atoms with van der Waals surface area (Å²) >= 11 is 12.0. The number of carbonyl (C=O) groups excluding carboxylic acids is 2. The Morgan fingerprint density at radius 3 is 2.17 bits per heavy atom. The van der Waals surface area contributed by atoms with E-state index in [1.54, 1.807) is 25.3 Å². The molecule has 0 spiro atoms. The van der Waals surface area contributed by atoms with Crippen molar-refractivity contribution in [2.24, 2.45) is 0 Å². The fourth-order valence-electron chi connectivity index (χ4n) is 3.03. The van der Waals surface area contributed by atoms with Gasteiger partial charge in [-0.3, -0.25) is 10.1 Å². The summed E-state index contributed by atoms with van der Waals surface area (Å²) in [5.41, 5.74) is 3.46. The summed E-state index contributed by atoms with van der Waals surface area (Å²) in [4.78, 5) is 24.6. The van der Waals surface area contributed by atoms with Gasteiger partial charge in [0.05, 0.1) is 28.4 Å². The topological polar surface area (TPSA) is 72.4 Å². The summed E-state index contributed by atoms with van der Waals surface area (Å²) in [5.74, 6) is -0.119. The van der Waals surface area contributed by atoms with Crippen LogP contribution in [-0.2, 0) is 0 Å². The van der Waals surface area contributed by atoms with E-state index < -0.39 is 11.9 Å². The number of aromatic nitrogens is 1. The lowest BCUT2D eigenvalue weighted by atomic mass is 10.2. The van der Waals surface area contributed by atoms with E-state index in [1.165, 1.54) is 12.1 Å². The monoisotopic (exact) mass is 431 g/mol. The van der Waals surface area contributed by atoms with Crippen molar-refractivity contribution in [2.75, 3.05) is 12.4 Å². The Bertz CT molecular complexity index is 1050. The average Bonchev–Trinajstić information content (AvgIpc) is 2.99. The van der Waals surface area contributed by atoms with Crippen molar-refractivity contribution in [1.29, 1.82) is 0 Å². The van der Waals surface area contributed by atoms with Gasteiger partial charge < -0.3 is 14.6 Å². The maximum absolute atomic E-state index is 12.3. The van der Waals surface area contributed by atoms with Gasteiger partial charge in [-0.05, 0) is 50.2 Å². The number of amides is 3. The number of nitrogens with zero attached hydrogens (tertiary/aromatic N) is 1. The molecule has 0 saturated carbocycles. The van der Waals surface area contributed by atoms with Gasteiger partial charge in [-0.15, -0.1) is 0 Å². The molecular weight excluding hydrogens is 413 g/mol. The predicted octanol–water partition coefficient (Wildman–Crippen LogP) is 5.37. The van der Waals surface area contributed by atoms with Crippen molar-refractivity contribution in [2.45, 2.75) is 13.8 Å². The van der Waals surface area contributed by atoms with Crippen LogP contribution in [0.2, 0.25) is 10.0 Å². The highest BCUT2D eigenvalue weighted by Gasteiger charge is 2.18. The molecule has 3 amide bonds. The Kier molecular flexibility index (Phi) is 6.15. The van der Waals surface area contributed by atoms with Crippen molar-refractivity contribution in [3.05, 3.63) is 75.5 Å². The first-order chi connectivity index (χ1) is 13.8. The summed E-state index contributed by atoms with van der Waals surface area (Å²) < 4.78 is 7.54. The first-order valence-corrected chi connectivity index (χ1v) is 9.47. The van der Waals surface area contributed by atoms with E-state index in [4.69, 9.17) is 27.9 Å². The summed E-state index contributed by atoms with van der Waals surface area (Å²) in [7, 11) is 1.56. The molecule has 0 aliphatic heterocycles. The highest BCUT2D eigenvalue weighted by atomic mass is 35.5. The largest absolute Gasteiger partial charge is 0.494 e. The van der Waals surface area contributed by atoms with Crippen molar-refractivity contribution in [1.82, 2.24) is 9.88 Å². The number of ether oxygens (including phenoxy) is 1. The number of anilines is 1. The van der Waals surface area contributed by atoms with Crippen LogP contribution in [0.25, 0.3) is 5.69 Å². The minimum absolute atomic E-state index is 0.0393. The second-order valence-corrected chi connectivity index (χ2v) is 7.16. The number of nitrogens with one attached hydrogen (secondary N) is 2. The van der Waals surface area contributed by atoms with Gasteiger partial charge in [0.1, 0.15) is 5.75 Å². The molecule has 2 N–H and O–H groups in total. The third-order valence-electron chi connectivity index (χ3n) is 4.37. The van der Waals surface area contributed by atoms with Crippen LogP contribution in [0.5, 0.6) is 5.75 Å². The zero-order valence-corrected chi connectivity index (χ0v) is 17.6. The normalized spacial score (nSPS) is 10.5. The molecule has 0 unspecified atom stereocenters. The number of carbonyl (C=O) groups is 2. The molecule has 3 rings (SSSR count). The number of benzene rings is 2. The first-order valence-electron chi connectivity index (χ1n) is 8.71. The van der Waals surface area contributed by atoms with Gasteiger partial charge in [0, 0.05) is 23.1 Å². The molecule has 0 saturated heterocycles. The van der Waals surface area contributed by atoms with E-state index in [2.05, 4.69) is 10.6 Å². The third kappa shape index (κ3) is 4.39. The maximum Gasteiger partial charge on any atom is 0.326 e. The number of halogens is 2. The van der Waals surface area contributed by atoms with Gasteiger partial charge in [0.2, 0.25) is 0 Å². The van der Waals surface area contributed by atoms with Gasteiger partial charge in [0.15, 0.2) is 0 Å². The van der Waals surface area contributed by atoms with Gasteiger partial charge in [-0.1, -0.05) is 29.3 Å².